The molecule has 0 bridgehead atoms. The van der Waals surface area contributed by atoms with Gasteiger partial charge in [0, 0.05) is 0 Å². The molecule has 0 spiro atoms. The highest BCUT2D eigenvalue weighted by Gasteiger charge is 2.31. The van der Waals surface area contributed by atoms with Crippen molar-refractivity contribution in [3.05, 3.63) is 29.8 Å². The van der Waals surface area contributed by atoms with E-state index in [0.717, 1.165) is 5.56 Å². The molecule has 0 aliphatic carbocycles. The smallest absolute Gasteiger partial charge is 0.196 e. The van der Waals surface area contributed by atoms with E-state index < -0.39 is 14.7 Å². The van der Waals surface area contributed by atoms with E-state index in [-0.39, 0.29) is 4.90 Å². The Labute approximate surface area is 84.9 Å². The van der Waals surface area contributed by atoms with Crippen molar-refractivity contribution in [1.29, 1.82) is 0 Å². The van der Waals surface area contributed by atoms with Crippen LogP contribution in [0.4, 0.5) is 0 Å². The molecule has 3 nitrogen and oxygen atoms in total. The molecule has 0 saturated carbocycles. The molecule has 0 aliphatic heterocycles. The third-order valence-corrected chi connectivity index (χ3v) is 4.30. The highest BCUT2D eigenvalue weighted by molar-refractivity contribution is 7.92. The van der Waals surface area contributed by atoms with Crippen LogP contribution < -0.4 is 5.73 Å². The van der Waals surface area contributed by atoms with Crippen LogP contribution >= 0.6 is 0 Å². The lowest BCUT2D eigenvalue weighted by atomic mass is 10.2. The highest BCUT2D eigenvalue weighted by Crippen LogP contribution is 2.20. The van der Waals surface area contributed by atoms with E-state index in [1.807, 2.05) is 6.92 Å². The van der Waals surface area contributed by atoms with E-state index >= 15 is 0 Å². The molecular formula is C10H15NO2S. The molecule has 2 N–H and O–H groups in total. The molecule has 1 aromatic rings. The summed E-state index contributed by atoms with van der Waals surface area (Å²) in [6.07, 6.45) is 0. The maximum Gasteiger partial charge on any atom is 0.196 e. The third-order valence-electron chi connectivity index (χ3n) is 2.02. The molecule has 78 valence electrons. The van der Waals surface area contributed by atoms with Crippen LogP contribution in [0.3, 0.4) is 0 Å². The normalized spacial score (nSPS) is 12.9. The minimum absolute atomic E-state index is 0.274. The maximum atomic E-state index is 11.8. The van der Waals surface area contributed by atoms with Gasteiger partial charge in [0.05, 0.1) is 4.90 Å². The van der Waals surface area contributed by atoms with E-state index in [1.54, 1.807) is 24.3 Å². The van der Waals surface area contributed by atoms with Crippen LogP contribution in [-0.2, 0) is 9.84 Å². The Balaban J connectivity index is 3.25. The summed E-state index contributed by atoms with van der Waals surface area (Å²) in [5.41, 5.74) is 6.62. The van der Waals surface area contributed by atoms with E-state index in [0.29, 0.717) is 0 Å². The van der Waals surface area contributed by atoms with Gasteiger partial charge in [-0.3, -0.25) is 0 Å². The first-order valence-electron chi connectivity index (χ1n) is 4.35. The molecule has 0 saturated heterocycles. The molecule has 1 rings (SSSR count). The molecular weight excluding hydrogens is 198 g/mol. The predicted molar refractivity (Wildman–Crippen MR) is 56.6 cm³/mol. The lowest BCUT2D eigenvalue weighted by Crippen LogP contribution is -2.41. The Bertz CT molecular complexity index is 412. The van der Waals surface area contributed by atoms with Crippen LogP contribution in [0.1, 0.15) is 19.4 Å². The van der Waals surface area contributed by atoms with Crippen molar-refractivity contribution in [1.82, 2.24) is 0 Å². The predicted octanol–water partition coefficient (Wildman–Crippen LogP) is 1.46. The van der Waals surface area contributed by atoms with Crippen LogP contribution in [0.15, 0.2) is 29.2 Å². The van der Waals surface area contributed by atoms with E-state index in [2.05, 4.69) is 0 Å². The Morgan fingerprint density at radius 2 is 1.57 bits per heavy atom. The standard InChI is InChI=1S/C10H15NO2S/c1-8-4-6-9(7-5-8)14(12,13)10(2,3)11/h4-7H,11H2,1-3H3. The topological polar surface area (TPSA) is 60.2 Å². The number of benzene rings is 1. The lowest BCUT2D eigenvalue weighted by molar-refractivity contribution is 0.552. The molecule has 0 atom stereocenters. The van der Waals surface area contributed by atoms with Crippen molar-refractivity contribution in [2.75, 3.05) is 0 Å². The minimum Gasteiger partial charge on any atom is -0.313 e. The van der Waals surface area contributed by atoms with E-state index in [9.17, 15) is 8.42 Å². The number of hydrogen-bond donors (Lipinski definition) is 1. The van der Waals surface area contributed by atoms with Gasteiger partial charge >= 0.3 is 0 Å². The van der Waals surface area contributed by atoms with Crippen molar-refractivity contribution in [2.45, 2.75) is 30.5 Å². The summed E-state index contributed by atoms with van der Waals surface area (Å²) >= 11 is 0. The Kier molecular flexibility index (Phi) is 2.69. The summed E-state index contributed by atoms with van der Waals surface area (Å²) in [5, 5.41) is 0. The van der Waals surface area contributed by atoms with Gasteiger partial charge in [0.25, 0.3) is 0 Å². The van der Waals surface area contributed by atoms with Gasteiger partial charge in [-0.1, -0.05) is 17.7 Å². The van der Waals surface area contributed by atoms with Gasteiger partial charge in [-0.15, -0.1) is 0 Å². The Hall–Kier alpha value is -0.870. The molecule has 0 amide bonds. The van der Waals surface area contributed by atoms with Gasteiger partial charge in [-0.2, -0.15) is 0 Å². The summed E-state index contributed by atoms with van der Waals surface area (Å²) < 4.78 is 23.7. The van der Waals surface area contributed by atoms with Crippen molar-refractivity contribution in [3.8, 4) is 0 Å². The van der Waals surface area contributed by atoms with Crippen LogP contribution in [0, 0.1) is 6.92 Å². The molecule has 0 unspecified atom stereocenters. The van der Waals surface area contributed by atoms with Crippen LogP contribution in [0.2, 0.25) is 0 Å². The second-order valence-corrected chi connectivity index (χ2v) is 6.45. The van der Waals surface area contributed by atoms with Gasteiger partial charge in [-0.05, 0) is 32.9 Å². The van der Waals surface area contributed by atoms with Crippen LogP contribution in [0.5, 0.6) is 0 Å². The highest BCUT2D eigenvalue weighted by atomic mass is 32.2. The molecule has 0 heterocycles. The molecule has 0 aromatic heterocycles. The zero-order chi connectivity index (χ0) is 11.0. The van der Waals surface area contributed by atoms with Crippen molar-refractivity contribution in [3.63, 3.8) is 0 Å². The fraction of sp³-hybridized carbons (Fsp3) is 0.400. The SMILES string of the molecule is Cc1ccc(S(=O)(=O)C(C)(C)N)cc1. The molecule has 4 heteroatoms. The zero-order valence-corrected chi connectivity index (χ0v) is 9.43. The summed E-state index contributed by atoms with van der Waals surface area (Å²) in [4.78, 5) is -0.960. The minimum atomic E-state index is -3.42. The third kappa shape index (κ3) is 1.96. The van der Waals surface area contributed by atoms with Crippen LogP contribution in [-0.4, -0.2) is 13.3 Å². The number of sulfone groups is 1. The molecule has 0 radical (unpaired) electrons. The van der Waals surface area contributed by atoms with Gasteiger partial charge in [0.1, 0.15) is 4.87 Å². The number of hydrogen-bond acceptors (Lipinski definition) is 3. The van der Waals surface area contributed by atoms with E-state index in [1.165, 1.54) is 13.8 Å². The van der Waals surface area contributed by atoms with Gasteiger partial charge < -0.3 is 5.73 Å². The number of nitrogens with two attached hydrogens (primary N) is 1. The lowest BCUT2D eigenvalue weighted by Gasteiger charge is -2.19. The average Bonchev–Trinajstić information content (AvgIpc) is 2.03. The largest absolute Gasteiger partial charge is 0.313 e. The zero-order valence-electron chi connectivity index (χ0n) is 8.61. The van der Waals surface area contributed by atoms with Gasteiger partial charge in [-0.25, -0.2) is 8.42 Å². The van der Waals surface area contributed by atoms with Gasteiger partial charge in [0.15, 0.2) is 9.84 Å². The Morgan fingerprint density at radius 3 is 1.93 bits per heavy atom. The average molecular weight is 213 g/mol. The second-order valence-electron chi connectivity index (χ2n) is 3.92. The molecule has 0 aliphatic rings. The second kappa shape index (κ2) is 3.37. The van der Waals surface area contributed by atoms with Gasteiger partial charge in [0.2, 0.25) is 0 Å². The number of rotatable bonds is 2. The summed E-state index contributed by atoms with van der Waals surface area (Å²) in [6.45, 7) is 4.88. The summed E-state index contributed by atoms with van der Waals surface area (Å²) in [5.74, 6) is 0. The van der Waals surface area contributed by atoms with Crippen molar-refractivity contribution >= 4 is 9.84 Å². The molecule has 0 fully saturated rings. The summed E-state index contributed by atoms with van der Waals surface area (Å²) in [7, 11) is -3.42. The molecule has 14 heavy (non-hydrogen) atoms. The first-order chi connectivity index (χ1) is 6.25. The van der Waals surface area contributed by atoms with Crippen LogP contribution in [0.25, 0.3) is 0 Å². The Morgan fingerprint density at radius 1 is 1.14 bits per heavy atom. The first-order valence-corrected chi connectivity index (χ1v) is 5.83. The first kappa shape index (κ1) is 11.2. The molecule has 1 aromatic carbocycles. The van der Waals surface area contributed by atoms with Crippen molar-refractivity contribution in [2.24, 2.45) is 5.73 Å². The van der Waals surface area contributed by atoms with E-state index in [4.69, 9.17) is 5.73 Å². The fourth-order valence-electron chi connectivity index (χ4n) is 1.02. The number of aryl methyl sites for hydroxylation is 1. The summed E-state index contributed by atoms with van der Waals surface area (Å²) in [6, 6.07) is 6.69. The maximum absolute atomic E-state index is 11.8. The fourth-order valence-corrected chi connectivity index (χ4v) is 2.12. The van der Waals surface area contributed by atoms with Crippen molar-refractivity contribution < 1.29 is 8.42 Å². The quantitative estimate of drug-likeness (QED) is 0.809. The monoisotopic (exact) mass is 213 g/mol.